The largest absolute Gasteiger partial charge is 0.304 e. The van der Waals surface area contributed by atoms with Crippen LogP contribution in [0.25, 0.3) is 5.82 Å². The summed E-state index contributed by atoms with van der Waals surface area (Å²) in [6, 6.07) is 4.34. The minimum Gasteiger partial charge on any atom is -0.304 e. The minimum absolute atomic E-state index is 0.235. The molecule has 3 rings (SSSR count). The van der Waals surface area contributed by atoms with Crippen molar-refractivity contribution in [3.05, 3.63) is 35.5 Å². The summed E-state index contributed by atoms with van der Waals surface area (Å²) >= 11 is 0. The standard InChI is InChI=1S/C20H32N6/c1-5-6-7-8-18-22-20(17(3)25-13-11-24(4)12-14-25)26(23-18)19-15-16(2)9-10-21-19/h9-10,15,17H,5-8,11-14H2,1-4H3/t17-/m0/s1. The van der Waals surface area contributed by atoms with Gasteiger partial charge in [0.2, 0.25) is 0 Å². The second-order valence-corrected chi connectivity index (χ2v) is 7.46. The molecular formula is C20H32N6. The summed E-state index contributed by atoms with van der Waals surface area (Å²) in [7, 11) is 2.19. The van der Waals surface area contributed by atoms with Crippen molar-refractivity contribution in [2.75, 3.05) is 33.2 Å². The zero-order valence-electron chi connectivity index (χ0n) is 16.6. The normalized spacial score (nSPS) is 17.5. The van der Waals surface area contributed by atoms with Gasteiger partial charge in [-0.25, -0.2) is 9.97 Å². The maximum absolute atomic E-state index is 4.94. The molecule has 0 bridgehead atoms. The van der Waals surface area contributed by atoms with Gasteiger partial charge in [0.05, 0.1) is 6.04 Å². The molecule has 1 fully saturated rings. The highest BCUT2D eigenvalue weighted by Gasteiger charge is 2.26. The molecule has 26 heavy (non-hydrogen) atoms. The van der Waals surface area contributed by atoms with Crippen LogP contribution in [0.1, 0.15) is 56.4 Å². The Balaban J connectivity index is 1.88. The van der Waals surface area contributed by atoms with E-state index in [1.165, 1.54) is 18.4 Å². The highest BCUT2D eigenvalue weighted by molar-refractivity contribution is 5.28. The summed E-state index contributed by atoms with van der Waals surface area (Å²) in [6.07, 6.45) is 6.37. The zero-order valence-corrected chi connectivity index (χ0v) is 16.6. The molecule has 2 aromatic heterocycles. The van der Waals surface area contributed by atoms with Crippen molar-refractivity contribution in [2.45, 2.75) is 52.5 Å². The van der Waals surface area contributed by atoms with Crippen molar-refractivity contribution in [2.24, 2.45) is 0 Å². The quantitative estimate of drug-likeness (QED) is 0.714. The first-order chi connectivity index (χ1) is 12.6. The third kappa shape index (κ3) is 4.48. The molecule has 0 radical (unpaired) electrons. The van der Waals surface area contributed by atoms with Crippen LogP contribution in [0.4, 0.5) is 0 Å². The molecule has 0 amide bonds. The van der Waals surface area contributed by atoms with Crippen LogP contribution in [-0.2, 0) is 6.42 Å². The van der Waals surface area contributed by atoms with Crippen LogP contribution in [-0.4, -0.2) is 62.8 Å². The molecule has 0 saturated carbocycles. The predicted molar refractivity (Wildman–Crippen MR) is 105 cm³/mol. The molecule has 1 aliphatic rings. The Morgan fingerprint density at radius 3 is 2.62 bits per heavy atom. The third-order valence-corrected chi connectivity index (χ3v) is 5.26. The highest BCUT2D eigenvalue weighted by Crippen LogP contribution is 2.23. The number of likely N-dealkylation sites (N-methyl/N-ethyl adjacent to an activating group) is 1. The second kappa shape index (κ2) is 8.73. The molecule has 0 spiro atoms. The third-order valence-electron chi connectivity index (χ3n) is 5.26. The molecular weight excluding hydrogens is 324 g/mol. The Kier molecular flexibility index (Phi) is 6.38. The molecule has 6 heteroatoms. The van der Waals surface area contributed by atoms with Crippen molar-refractivity contribution >= 4 is 0 Å². The van der Waals surface area contributed by atoms with Gasteiger partial charge in [0.1, 0.15) is 0 Å². The Morgan fingerprint density at radius 2 is 1.92 bits per heavy atom. The summed E-state index contributed by atoms with van der Waals surface area (Å²) in [4.78, 5) is 14.4. The average Bonchev–Trinajstić information content (AvgIpc) is 3.06. The smallest absolute Gasteiger partial charge is 0.155 e. The number of rotatable bonds is 7. The van der Waals surface area contributed by atoms with Gasteiger partial charge in [-0.1, -0.05) is 19.8 Å². The van der Waals surface area contributed by atoms with Crippen LogP contribution >= 0.6 is 0 Å². The van der Waals surface area contributed by atoms with Crippen LogP contribution in [0, 0.1) is 6.92 Å². The van der Waals surface area contributed by atoms with Crippen LogP contribution in [0.15, 0.2) is 18.3 Å². The topological polar surface area (TPSA) is 50.1 Å². The van der Waals surface area contributed by atoms with Crippen molar-refractivity contribution in [1.29, 1.82) is 0 Å². The lowest BCUT2D eigenvalue weighted by Gasteiger charge is -2.35. The number of hydrogen-bond acceptors (Lipinski definition) is 5. The fourth-order valence-corrected chi connectivity index (χ4v) is 3.46. The summed E-state index contributed by atoms with van der Waals surface area (Å²) in [6.45, 7) is 10.9. The van der Waals surface area contributed by atoms with Gasteiger partial charge in [-0.3, -0.25) is 4.90 Å². The Bertz CT molecular complexity index is 702. The first-order valence-electron chi connectivity index (χ1n) is 9.90. The summed E-state index contributed by atoms with van der Waals surface area (Å²) in [5.41, 5.74) is 1.19. The molecule has 1 atom stereocenters. The lowest BCUT2D eigenvalue weighted by Crippen LogP contribution is -2.45. The van der Waals surface area contributed by atoms with Crippen LogP contribution < -0.4 is 0 Å². The van der Waals surface area contributed by atoms with E-state index in [2.05, 4.69) is 48.7 Å². The van der Waals surface area contributed by atoms with Gasteiger partial charge >= 0.3 is 0 Å². The van der Waals surface area contributed by atoms with Gasteiger partial charge < -0.3 is 4.90 Å². The first-order valence-corrected chi connectivity index (χ1v) is 9.90. The molecule has 0 aromatic carbocycles. The molecule has 0 aliphatic carbocycles. The van der Waals surface area contributed by atoms with Crippen molar-refractivity contribution in [1.82, 2.24) is 29.5 Å². The highest BCUT2D eigenvalue weighted by atomic mass is 15.4. The molecule has 1 aliphatic heterocycles. The average molecular weight is 357 g/mol. The lowest BCUT2D eigenvalue weighted by atomic mass is 10.2. The maximum Gasteiger partial charge on any atom is 0.155 e. The fraction of sp³-hybridized carbons (Fsp3) is 0.650. The van der Waals surface area contributed by atoms with E-state index in [9.17, 15) is 0 Å². The van der Waals surface area contributed by atoms with Crippen molar-refractivity contribution in [3.63, 3.8) is 0 Å². The molecule has 1 saturated heterocycles. The van der Waals surface area contributed by atoms with Gasteiger partial charge in [0.25, 0.3) is 0 Å². The van der Waals surface area contributed by atoms with Gasteiger partial charge in [0.15, 0.2) is 17.5 Å². The number of pyridine rings is 1. The lowest BCUT2D eigenvalue weighted by molar-refractivity contribution is 0.114. The first kappa shape index (κ1) is 19.0. The Morgan fingerprint density at radius 1 is 1.15 bits per heavy atom. The minimum atomic E-state index is 0.235. The fourth-order valence-electron chi connectivity index (χ4n) is 3.46. The van der Waals surface area contributed by atoms with E-state index < -0.39 is 0 Å². The molecule has 0 unspecified atom stereocenters. The number of unbranched alkanes of at least 4 members (excludes halogenated alkanes) is 2. The van der Waals surface area contributed by atoms with E-state index in [-0.39, 0.29) is 6.04 Å². The number of nitrogens with zero attached hydrogens (tertiary/aromatic N) is 6. The van der Waals surface area contributed by atoms with Crippen LogP contribution in [0.2, 0.25) is 0 Å². The van der Waals surface area contributed by atoms with E-state index in [1.54, 1.807) is 0 Å². The SMILES string of the molecule is CCCCCc1nc([C@H](C)N2CCN(C)CC2)n(-c2cc(C)ccn2)n1. The van der Waals surface area contributed by atoms with E-state index in [4.69, 9.17) is 10.1 Å². The zero-order chi connectivity index (χ0) is 18.5. The van der Waals surface area contributed by atoms with Gasteiger partial charge in [-0.05, 0) is 45.0 Å². The molecule has 142 valence electrons. The second-order valence-electron chi connectivity index (χ2n) is 7.46. The summed E-state index contributed by atoms with van der Waals surface area (Å²) in [5.74, 6) is 2.83. The van der Waals surface area contributed by atoms with Crippen molar-refractivity contribution < 1.29 is 0 Å². The van der Waals surface area contributed by atoms with Gasteiger partial charge in [0, 0.05) is 38.8 Å². The van der Waals surface area contributed by atoms with E-state index >= 15 is 0 Å². The molecule has 2 aromatic rings. The summed E-state index contributed by atoms with van der Waals surface area (Å²) in [5, 5.41) is 4.83. The van der Waals surface area contributed by atoms with Crippen LogP contribution in [0.3, 0.4) is 0 Å². The van der Waals surface area contributed by atoms with Gasteiger partial charge in [-0.15, -0.1) is 5.10 Å². The number of piperazine rings is 1. The van der Waals surface area contributed by atoms with Crippen LogP contribution in [0.5, 0.6) is 0 Å². The van der Waals surface area contributed by atoms with E-state index in [1.807, 2.05) is 16.9 Å². The number of aryl methyl sites for hydroxylation is 2. The Hall–Kier alpha value is -1.79. The monoisotopic (exact) mass is 356 g/mol. The number of hydrogen-bond donors (Lipinski definition) is 0. The molecule has 6 nitrogen and oxygen atoms in total. The van der Waals surface area contributed by atoms with Crippen molar-refractivity contribution in [3.8, 4) is 5.82 Å². The van der Waals surface area contributed by atoms with Gasteiger partial charge in [-0.2, -0.15) is 4.68 Å². The Labute approximate surface area is 157 Å². The number of aromatic nitrogens is 4. The summed E-state index contributed by atoms with van der Waals surface area (Å²) < 4.78 is 1.97. The van der Waals surface area contributed by atoms with E-state index in [0.717, 1.165) is 56.5 Å². The maximum atomic E-state index is 4.94. The molecule has 0 N–H and O–H groups in total. The predicted octanol–water partition coefficient (Wildman–Crippen LogP) is 3.01. The van der Waals surface area contributed by atoms with E-state index in [0.29, 0.717) is 0 Å². The molecule has 3 heterocycles.